The summed E-state index contributed by atoms with van der Waals surface area (Å²) in [5.74, 6) is -0.720. The number of carboxylic acid groups (broad SMARTS) is 1. The minimum absolute atomic E-state index is 0.207. The highest BCUT2D eigenvalue weighted by Gasteiger charge is 2.34. The molecule has 0 aromatic heterocycles. The predicted molar refractivity (Wildman–Crippen MR) is 161 cm³/mol. The number of ether oxygens (including phenoxy) is 2. The summed E-state index contributed by atoms with van der Waals surface area (Å²) in [4.78, 5) is 27.7. The molecule has 2 fully saturated rings. The van der Waals surface area contributed by atoms with Crippen LogP contribution in [0.1, 0.15) is 66.4 Å². The van der Waals surface area contributed by atoms with Gasteiger partial charge in [-0.3, -0.25) is 9.69 Å². The van der Waals surface area contributed by atoms with Crippen LogP contribution in [0.25, 0.3) is 11.1 Å². The molecule has 1 amide bonds. The molecule has 7 nitrogen and oxygen atoms in total. The largest absolute Gasteiger partial charge is 0.480 e. The Hall–Kier alpha value is -2.39. The van der Waals surface area contributed by atoms with Crippen LogP contribution in [0, 0.1) is 6.92 Å². The third kappa shape index (κ3) is 8.09. The van der Waals surface area contributed by atoms with Crippen molar-refractivity contribution >= 4 is 23.6 Å². The number of nitrogens with one attached hydrogen (secondary N) is 1. The van der Waals surface area contributed by atoms with Gasteiger partial charge in [0.25, 0.3) is 5.91 Å². The van der Waals surface area contributed by atoms with Crippen molar-refractivity contribution in [3.8, 4) is 11.1 Å². The first-order valence-electron chi connectivity index (χ1n) is 14.5. The highest BCUT2D eigenvalue weighted by atomic mass is 32.2. The van der Waals surface area contributed by atoms with Gasteiger partial charge in [-0.05, 0) is 79.0 Å². The zero-order chi connectivity index (χ0) is 28.5. The maximum atomic E-state index is 13.4. The number of likely N-dealkylation sites (tertiary alicyclic amines) is 1. The number of carbonyl (C=O) groups is 2. The molecule has 4 rings (SSSR count). The number of thioether (sulfide) groups is 1. The normalized spacial score (nSPS) is 20.9. The van der Waals surface area contributed by atoms with Gasteiger partial charge in [-0.15, -0.1) is 0 Å². The average molecular weight is 569 g/mol. The van der Waals surface area contributed by atoms with Crippen molar-refractivity contribution in [1.29, 1.82) is 0 Å². The number of amides is 1. The van der Waals surface area contributed by atoms with Gasteiger partial charge in [0.15, 0.2) is 0 Å². The van der Waals surface area contributed by atoms with Crippen molar-refractivity contribution in [2.75, 3.05) is 32.3 Å². The molecule has 218 valence electrons. The summed E-state index contributed by atoms with van der Waals surface area (Å²) in [6.45, 7) is 4.28. The van der Waals surface area contributed by atoms with Crippen LogP contribution >= 0.6 is 11.8 Å². The van der Waals surface area contributed by atoms with Crippen molar-refractivity contribution in [2.24, 2.45) is 0 Å². The summed E-state index contributed by atoms with van der Waals surface area (Å²) in [6.07, 6.45) is 10.00. The van der Waals surface area contributed by atoms with Crippen LogP contribution in [-0.4, -0.2) is 78.4 Å². The highest BCUT2D eigenvalue weighted by Crippen LogP contribution is 2.31. The molecule has 2 aromatic carbocycles. The first-order valence-corrected chi connectivity index (χ1v) is 15.9. The number of rotatable bonds is 13. The lowest BCUT2D eigenvalue weighted by molar-refractivity contribution is -0.139. The topological polar surface area (TPSA) is 88.1 Å². The van der Waals surface area contributed by atoms with Gasteiger partial charge in [-0.2, -0.15) is 11.8 Å². The maximum absolute atomic E-state index is 13.4. The van der Waals surface area contributed by atoms with Crippen LogP contribution in [0.15, 0.2) is 42.5 Å². The molecule has 1 aliphatic carbocycles. The van der Waals surface area contributed by atoms with Gasteiger partial charge in [0.05, 0.1) is 18.8 Å². The van der Waals surface area contributed by atoms with E-state index in [4.69, 9.17) is 9.47 Å². The molecule has 1 heterocycles. The molecule has 1 aliphatic heterocycles. The van der Waals surface area contributed by atoms with Gasteiger partial charge in [0.1, 0.15) is 6.04 Å². The summed E-state index contributed by atoms with van der Waals surface area (Å²) in [5.41, 5.74) is 4.44. The van der Waals surface area contributed by atoms with Crippen LogP contribution in [0.5, 0.6) is 0 Å². The van der Waals surface area contributed by atoms with E-state index in [1.165, 1.54) is 19.3 Å². The number of nitrogens with zero attached hydrogens (tertiary/aromatic N) is 1. The zero-order valence-electron chi connectivity index (χ0n) is 24.1. The molecule has 2 N–H and O–H groups in total. The van der Waals surface area contributed by atoms with Crippen molar-refractivity contribution in [3.63, 3.8) is 0 Å². The molecule has 0 bridgehead atoms. The molecular formula is C32H44N2O5S. The van der Waals surface area contributed by atoms with Gasteiger partial charge in [-0.1, -0.05) is 49.6 Å². The smallest absolute Gasteiger partial charge is 0.326 e. The molecule has 2 aromatic rings. The van der Waals surface area contributed by atoms with E-state index < -0.39 is 12.0 Å². The number of carboxylic acids is 1. The number of aryl methyl sites for hydroxylation is 1. The fourth-order valence-electron chi connectivity index (χ4n) is 6.02. The van der Waals surface area contributed by atoms with Crippen LogP contribution < -0.4 is 5.32 Å². The molecule has 2 aliphatic rings. The lowest BCUT2D eigenvalue weighted by Gasteiger charge is -2.26. The van der Waals surface area contributed by atoms with E-state index in [1.807, 2.05) is 49.6 Å². The molecule has 3 atom stereocenters. The quantitative estimate of drug-likeness (QED) is 0.328. The van der Waals surface area contributed by atoms with Crippen molar-refractivity contribution in [2.45, 2.75) is 82.7 Å². The predicted octanol–water partition coefficient (Wildman–Crippen LogP) is 5.54. The van der Waals surface area contributed by atoms with Crippen LogP contribution in [0.3, 0.4) is 0 Å². The van der Waals surface area contributed by atoms with Crippen LogP contribution in [-0.2, 0) is 20.8 Å². The Kier molecular flexibility index (Phi) is 11.5. The second kappa shape index (κ2) is 15.0. The molecular weight excluding hydrogens is 524 g/mol. The van der Waals surface area contributed by atoms with E-state index in [1.54, 1.807) is 18.9 Å². The van der Waals surface area contributed by atoms with Crippen molar-refractivity contribution < 1.29 is 24.2 Å². The van der Waals surface area contributed by atoms with Crippen molar-refractivity contribution in [3.05, 3.63) is 59.2 Å². The Bertz CT molecular complexity index is 1140. The summed E-state index contributed by atoms with van der Waals surface area (Å²) >= 11 is 1.57. The third-order valence-electron chi connectivity index (χ3n) is 8.15. The van der Waals surface area contributed by atoms with E-state index in [0.29, 0.717) is 30.4 Å². The molecule has 0 spiro atoms. The lowest BCUT2D eigenvalue weighted by atomic mass is 9.93. The SMILES string of the molecule is COC[C@H]1C[C@H](OC2CCCCC2)CN1Cc1ccc(C(=O)N[C@@H](CCSC)C(=O)O)c(-c2ccccc2C)c1. The third-order valence-corrected chi connectivity index (χ3v) is 8.79. The summed E-state index contributed by atoms with van der Waals surface area (Å²) in [7, 11) is 1.75. The van der Waals surface area contributed by atoms with Gasteiger partial charge in [0, 0.05) is 31.8 Å². The van der Waals surface area contributed by atoms with Gasteiger partial charge < -0.3 is 19.9 Å². The Morgan fingerprint density at radius 2 is 1.88 bits per heavy atom. The Morgan fingerprint density at radius 3 is 2.58 bits per heavy atom. The van der Waals surface area contributed by atoms with Crippen LogP contribution in [0.4, 0.5) is 0 Å². The first-order chi connectivity index (χ1) is 19.4. The number of carbonyl (C=O) groups excluding carboxylic acids is 1. The highest BCUT2D eigenvalue weighted by molar-refractivity contribution is 7.98. The van der Waals surface area contributed by atoms with Crippen molar-refractivity contribution in [1.82, 2.24) is 10.2 Å². The summed E-state index contributed by atoms with van der Waals surface area (Å²) in [6, 6.07) is 13.3. The number of methoxy groups -OCH3 is 1. The van der Waals surface area contributed by atoms with E-state index >= 15 is 0 Å². The monoisotopic (exact) mass is 568 g/mol. The second-order valence-electron chi connectivity index (χ2n) is 11.1. The Morgan fingerprint density at radius 1 is 1.10 bits per heavy atom. The minimum atomic E-state index is -1.01. The van der Waals surface area contributed by atoms with E-state index in [2.05, 4.69) is 16.3 Å². The lowest BCUT2D eigenvalue weighted by Crippen LogP contribution is -2.41. The molecule has 0 unspecified atom stereocenters. The Labute approximate surface area is 243 Å². The average Bonchev–Trinajstić information content (AvgIpc) is 3.31. The van der Waals surface area contributed by atoms with E-state index in [9.17, 15) is 14.7 Å². The maximum Gasteiger partial charge on any atom is 0.326 e. The van der Waals surface area contributed by atoms with Gasteiger partial charge >= 0.3 is 5.97 Å². The second-order valence-corrected chi connectivity index (χ2v) is 12.1. The minimum Gasteiger partial charge on any atom is -0.480 e. The number of aliphatic carboxylic acids is 1. The molecule has 0 radical (unpaired) electrons. The first kappa shape index (κ1) is 30.6. The number of hydrogen-bond donors (Lipinski definition) is 2. The van der Waals surface area contributed by atoms with Gasteiger partial charge in [0.2, 0.25) is 0 Å². The number of hydrogen-bond acceptors (Lipinski definition) is 6. The fourth-order valence-corrected chi connectivity index (χ4v) is 6.49. The zero-order valence-corrected chi connectivity index (χ0v) is 24.9. The summed E-state index contributed by atoms with van der Waals surface area (Å²) < 4.78 is 12.1. The Balaban J connectivity index is 1.56. The van der Waals surface area contributed by atoms with Crippen LogP contribution in [0.2, 0.25) is 0 Å². The van der Waals surface area contributed by atoms with E-state index in [-0.39, 0.29) is 18.1 Å². The molecule has 1 saturated carbocycles. The molecule has 1 saturated heterocycles. The number of benzene rings is 2. The van der Waals surface area contributed by atoms with Gasteiger partial charge in [-0.25, -0.2) is 4.79 Å². The summed E-state index contributed by atoms with van der Waals surface area (Å²) in [5, 5.41) is 12.4. The fraction of sp³-hybridized carbons (Fsp3) is 0.562. The van der Waals surface area contributed by atoms with E-state index in [0.717, 1.165) is 54.6 Å². The molecule has 8 heteroatoms. The molecule has 40 heavy (non-hydrogen) atoms. The standard InChI is InChI=1S/C32H44N2O5S/c1-22-9-7-8-12-27(22)29-17-23(13-14-28(29)31(35)33-30(32(36)37)15-16-40-3)19-34-20-26(18-24(34)21-38-2)39-25-10-5-4-6-11-25/h7-9,12-14,17,24-26,30H,4-6,10-11,15-16,18-21H2,1-3H3,(H,33,35)(H,36,37)/t24-,26+,30+/m1/s1.